The molecule has 0 saturated heterocycles. The summed E-state index contributed by atoms with van der Waals surface area (Å²) in [6.07, 6.45) is 0. The molecule has 0 bridgehead atoms. The van der Waals surface area contributed by atoms with E-state index in [0.717, 1.165) is 15.4 Å². The van der Waals surface area contributed by atoms with Gasteiger partial charge in [-0.25, -0.2) is 16.8 Å². The molecular formula is C28H26ClN3O5S2. The van der Waals surface area contributed by atoms with Gasteiger partial charge in [-0.15, -0.1) is 0 Å². The van der Waals surface area contributed by atoms with Gasteiger partial charge in [0.25, 0.3) is 26.0 Å². The number of hydrogen-bond donors (Lipinski definition) is 2. The highest BCUT2D eigenvalue weighted by Crippen LogP contribution is 2.25. The first kappa shape index (κ1) is 28.2. The predicted molar refractivity (Wildman–Crippen MR) is 155 cm³/mol. The minimum Gasteiger partial charge on any atom is -0.322 e. The van der Waals surface area contributed by atoms with Gasteiger partial charge in [-0.05, 0) is 92.2 Å². The third kappa shape index (κ3) is 6.42. The number of sulfonamides is 2. The van der Waals surface area contributed by atoms with E-state index in [4.69, 9.17) is 11.6 Å². The Labute approximate surface area is 233 Å². The quantitative estimate of drug-likeness (QED) is 0.271. The molecule has 0 fully saturated rings. The van der Waals surface area contributed by atoms with Crippen molar-refractivity contribution in [3.63, 3.8) is 0 Å². The van der Waals surface area contributed by atoms with E-state index in [-0.39, 0.29) is 9.79 Å². The number of hydrogen-bond acceptors (Lipinski definition) is 5. The second-order valence-corrected chi connectivity index (χ2v) is 13.0. The summed E-state index contributed by atoms with van der Waals surface area (Å²) in [5, 5.41) is 3.12. The van der Waals surface area contributed by atoms with E-state index in [1.165, 1.54) is 49.5 Å². The van der Waals surface area contributed by atoms with Gasteiger partial charge >= 0.3 is 0 Å². The number of anilines is 3. The summed E-state index contributed by atoms with van der Waals surface area (Å²) in [5.41, 5.74) is 3.13. The van der Waals surface area contributed by atoms with Crippen LogP contribution in [-0.4, -0.2) is 29.8 Å². The van der Waals surface area contributed by atoms with Crippen LogP contribution in [0.1, 0.15) is 21.5 Å². The molecule has 0 unspecified atom stereocenters. The minimum absolute atomic E-state index is 0.0158. The summed E-state index contributed by atoms with van der Waals surface area (Å²) in [6.45, 7) is 3.64. The molecule has 1 amide bonds. The van der Waals surface area contributed by atoms with Gasteiger partial charge in [0, 0.05) is 23.3 Å². The Hall–Kier alpha value is -3.86. The Balaban J connectivity index is 1.43. The van der Waals surface area contributed by atoms with E-state index in [1.807, 2.05) is 6.92 Å². The first-order valence-electron chi connectivity index (χ1n) is 11.7. The predicted octanol–water partition coefficient (Wildman–Crippen LogP) is 5.84. The van der Waals surface area contributed by atoms with Crippen LogP contribution < -0.4 is 14.3 Å². The highest BCUT2D eigenvalue weighted by atomic mass is 35.5. The summed E-state index contributed by atoms with van der Waals surface area (Å²) in [4.78, 5) is 12.9. The molecule has 0 aliphatic carbocycles. The van der Waals surface area contributed by atoms with E-state index < -0.39 is 26.0 Å². The lowest BCUT2D eigenvalue weighted by molar-refractivity contribution is 0.102. The highest BCUT2D eigenvalue weighted by molar-refractivity contribution is 7.93. The number of nitrogens with one attached hydrogen (secondary N) is 2. The molecule has 4 rings (SSSR count). The molecule has 4 aromatic carbocycles. The maximum absolute atomic E-state index is 12.9. The van der Waals surface area contributed by atoms with Gasteiger partial charge in [0.15, 0.2) is 0 Å². The zero-order valence-corrected chi connectivity index (χ0v) is 23.7. The average Bonchev–Trinajstić information content (AvgIpc) is 2.91. The maximum atomic E-state index is 12.9. The Morgan fingerprint density at radius 2 is 1.36 bits per heavy atom. The molecule has 39 heavy (non-hydrogen) atoms. The van der Waals surface area contributed by atoms with Gasteiger partial charge in [-0.2, -0.15) is 0 Å². The summed E-state index contributed by atoms with van der Waals surface area (Å²) < 4.78 is 55.1. The fourth-order valence-electron chi connectivity index (χ4n) is 3.66. The first-order valence-corrected chi connectivity index (χ1v) is 15.0. The van der Waals surface area contributed by atoms with E-state index in [9.17, 15) is 21.6 Å². The van der Waals surface area contributed by atoms with Crippen molar-refractivity contribution in [2.24, 2.45) is 0 Å². The van der Waals surface area contributed by atoms with Crippen molar-refractivity contribution in [1.82, 2.24) is 0 Å². The summed E-state index contributed by atoms with van der Waals surface area (Å²) in [6, 6.07) is 23.3. The number of benzene rings is 4. The Bertz CT molecular complexity index is 1720. The lowest BCUT2D eigenvalue weighted by atomic mass is 10.2. The summed E-state index contributed by atoms with van der Waals surface area (Å²) in [7, 11) is -6.18. The number of carbonyl (C=O) groups excluding carboxylic acids is 1. The lowest BCUT2D eigenvalue weighted by Crippen LogP contribution is -2.26. The number of nitrogens with zero attached hydrogens (tertiary/aromatic N) is 1. The van der Waals surface area contributed by atoms with Gasteiger partial charge in [-0.3, -0.25) is 13.8 Å². The van der Waals surface area contributed by atoms with Crippen molar-refractivity contribution in [2.45, 2.75) is 23.6 Å². The van der Waals surface area contributed by atoms with Crippen LogP contribution in [-0.2, 0) is 20.0 Å². The Morgan fingerprint density at radius 1 is 0.769 bits per heavy atom. The van der Waals surface area contributed by atoms with E-state index in [1.54, 1.807) is 55.5 Å². The molecule has 8 nitrogen and oxygen atoms in total. The van der Waals surface area contributed by atoms with Gasteiger partial charge in [0.2, 0.25) is 0 Å². The molecular weight excluding hydrogens is 558 g/mol. The number of halogens is 1. The molecule has 0 aliphatic heterocycles. The van der Waals surface area contributed by atoms with Gasteiger partial charge in [0.05, 0.1) is 21.2 Å². The van der Waals surface area contributed by atoms with E-state index >= 15 is 0 Å². The van der Waals surface area contributed by atoms with Crippen LogP contribution in [0, 0.1) is 13.8 Å². The standard InChI is InChI=1S/C28H26ClN3O5S2/c1-19-4-14-26(15-5-19)39(36,37)32(3)24-12-7-21(8-13-24)28(33)30-23-10-16-25(17-11-23)38(34,35)31-27-18-22(29)9-6-20(27)2/h4-18,31H,1-3H3,(H,30,33). The zero-order chi connectivity index (χ0) is 28.4. The average molecular weight is 584 g/mol. The number of aryl methyl sites for hydroxylation is 2. The largest absolute Gasteiger partial charge is 0.322 e. The van der Waals surface area contributed by atoms with Crippen molar-refractivity contribution in [2.75, 3.05) is 21.4 Å². The molecule has 0 aromatic heterocycles. The highest BCUT2D eigenvalue weighted by Gasteiger charge is 2.21. The molecule has 2 N–H and O–H groups in total. The van der Waals surface area contributed by atoms with Crippen LogP contribution in [0.3, 0.4) is 0 Å². The number of carbonyl (C=O) groups is 1. The molecule has 0 aliphatic rings. The van der Waals surface area contributed by atoms with Crippen molar-refractivity contribution in [3.8, 4) is 0 Å². The van der Waals surface area contributed by atoms with Gasteiger partial charge < -0.3 is 5.32 Å². The molecule has 0 atom stereocenters. The smallest absolute Gasteiger partial charge is 0.264 e. The Kier molecular flexibility index (Phi) is 8.01. The number of amides is 1. The zero-order valence-electron chi connectivity index (χ0n) is 21.3. The van der Waals surface area contributed by atoms with Crippen LogP contribution >= 0.6 is 11.6 Å². The van der Waals surface area contributed by atoms with Crippen LogP contribution in [0.15, 0.2) is 101 Å². The van der Waals surface area contributed by atoms with Crippen LogP contribution in [0.25, 0.3) is 0 Å². The molecule has 0 saturated carbocycles. The van der Waals surface area contributed by atoms with Crippen molar-refractivity contribution in [1.29, 1.82) is 0 Å². The summed E-state index contributed by atoms with van der Waals surface area (Å²) >= 11 is 5.98. The molecule has 202 valence electrons. The summed E-state index contributed by atoms with van der Waals surface area (Å²) in [5.74, 6) is -0.436. The molecule has 4 aromatic rings. The third-order valence-corrected chi connectivity index (χ3v) is 9.46. The van der Waals surface area contributed by atoms with Gasteiger partial charge in [-0.1, -0.05) is 35.4 Å². The fraction of sp³-hybridized carbons (Fsp3) is 0.107. The second-order valence-electron chi connectivity index (χ2n) is 8.88. The van der Waals surface area contributed by atoms with E-state index in [0.29, 0.717) is 27.6 Å². The monoisotopic (exact) mass is 583 g/mol. The molecule has 11 heteroatoms. The van der Waals surface area contributed by atoms with Crippen molar-refractivity contribution >= 4 is 54.6 Å². The Morgan fingerprint density at radius 3 is 1.97 bits per heavy atom. The number of rotatable bonds is 8. The lowest BCUT2D eigenvalue weighted by Gasteiger charge is -2.20. The fourth-order valence-corrected chi connectivity index (χ4v) is 6.15. The van der Waals surface area contributed by atoms with Gasteiger partial charge in [0.1, 0.15) is 0 Å². The first-order chi connectivity index (χ1) is 18.4. The van der Waals surface area contributed by atoms with Crippen LogP contribution in [0.2, 0.25) is 5.02 Å². The maximum Gasteiger partial charge on any atom is 0.264 e. The molecule has 0 heterocycles. The topological polar surface area (TPSA) is 113 Å². The SMILES string of the molecule is Cc1ccc(S(=O)(=O)N(C)c2ccc(C(=O)Nc3ccc(S(=O)(=O)Nc4cc(Cl)ccc4C)cc3)cc2)cc1. The van der Waals surface area contributed by atoms with Crippen LogP contribution in [0.4, 0.5) is 17.1 Å². The van der Waals surface area contributed by atoms with Crippen molar-refractivity contribution < 1.29 is 21.6 Å². The normalized spacial score (nSPS) is 11.6. The van der Waals surface area contributed by atoms with Crippen LogP contribution in [0.5, 0.6) is 0 Å². The molecule has 0 spiro atoms. The molecule has 0 radical (unpaired) electrons. The van der Waals surface area contributed by atoms with E-state index in [2.05, 4.69) is 10.0 Å². The minimum atomic E-state index is -3.87. The third-order valence-electron chi connectivity index (χ3n) is 6.04. The van der Waals surface area contributed by atoms with Crippen molar-refractivity contribution in [3.05, 3.63) is 113 Å². The second kappa shape index (κ2) is 11.1.